The molecule has 1 unspecified atom stereocenters. The van der Waals surface area contributed by atoms with E-state index < -0.39 is 11.5 Å². The Hall–Kier alpha value is -2.70. The number of carboxylic acid groups (broad SMARTS) is 1. The Morgan fingerprint density at radius 3 is 2.27 bits per heavy atom. The van der Waals surface area contributed by atoms with Crippen LogP contribution in [0.1, 0.15) is 55.5 Å². The molecule has 1 saturated heterocycles. The molecule has 1 aromatic rings. The zero-order valence-corrected chi connectivity index (χ0v) is 15.0. The van der Waals surface area contributed by atoms with Gasteiger partial charge in [0.1, 0.15) is 0 Å². The van der Waals surface area contributed by atoms with Gasteiger partial charge in [-0.3, -0.25) is 24.5 Å². The van der Waals surface area contributed by atoms with Gasteiger partial charge in [0, 0.05) is 12.0 Å². The normalized spacial score (nSPS) is 17.1. The molecule has 0 aromatic heterocycles. The van der Waals surface area contributed by atoms with Gasteiger partial charge in [0.2, 0.25) is 11.8 Å². The average molecular weight is 360 g/mol. The maximum atomic E-state index is 12.5. The SMILES string of the molecule is CCC(CC)(CC(=O)O)NC(=O)c1ccc(CC2CC(=O)NC2=O)cc1. The maximum Gasteiger partial charge on any atom is 0.305 e. The van der Waals surface area contributed by atoms with Crippen molar-refractivity contribution in [1.82, 2.24) is 10.6 Å². The maximum absolute atomic E-state index is 12.5. The summed E-state index contributed by atoms with van der Waals surface area (Å²) < 4.78 is 0. The highest BCUT2D eigenvalue weighted by atomic mass is 16.4. The van der Waals surface area contributed by atoms with Crippen molar-refractivity contribution >= 4 is 23.7 Å². The number of carboxylic acids is 1. The van der Waals surface area contributed by atoms with E-state index in [1.807, 2.05) is 13.8 Å². The summed E-state index contributed by atoms with van der Waals surface area (Å²) >= 11 is 0. The fraction of sp³-hybridized carbons (Fsp3) is 0.474. The zero-order valence-electron chi connectivity index (χ0n) is 15.0. The van der Waals surface area contributed by atoms with Crippen molar-refractivity contribution < 1.29 is 24.3 Å². The first-order chi connectivity index (χ1) is 12.3. The summed E-state index contributed by atoms with van der Waals surface area (Å²) in [5.41, 5.74) is 0.515. The molecule has 1 atom stereocenters. The van der Waals surface area contributed by atoms with Crippen molar-refractivity contribution in [3.05, 3.63) is 35.4 Å². The first-order valence-electron chi connectivity index (χ1n) is 8.75. The van der Waals surface area contributed by atoms with Crippen LogP contribution in [0.3, 0.4) is 0 Å². The van der Waals surface area contributed by atoms with Gasteiger partial charge in [-0.05, 0) is 37.0 Å². The summed E-state index contributed by atoms with van der Waals surface area (Å²) in [6, 6.07) is 6.80. The first kappa shape index (κ1) is 19.6. The van der Waals surface area contributed by atoms with Crippen molar-refractivity contribution in [2.75, 3.05) is 0 Å². The van der Waals surface area contributed by atoms with Crippen molar-refractivity contribution in [2.45, 2.75) is 51.5 Å². The molecule has 0 aliphatic carbocycles. The van der Waals surface area contributed by atoms with E-state index in [2.05, 4.69) is 10.6 Å². The smallest absolute Gasteiger partial charge is 0.305 e. The second-order valence-electron chi connectivity index (χ2n) is 6.73. The molecule has 0 spiro atoms. The summed E-state index contributed by atoms with van der Waals surface area (Å²) in [5, 5.41) is 14.2. The highest BCUT2D eigenvalue weighted by molar-refractivity contribution is 6.03. The van der Waals surface area contributed by atoms with E-state index in [-0.39, 0.29) is 36.5 Å². The number of rotatable bonds is 8. The number of imide groups is 1. The summed E-state index contributed by atoms with van der Waals surface area (Å²) in [6.45, 7) is 3.70. The van der Waals surface area contributed by atoms with Crippen molar-refractivity contribution in [2.24, 2.45) is 5.92 Å². The van der Waals surface area contributed by atoms with Crippen molar-refractivity contribution in [3.8, 4) is 0 Å². The molecule has 1 heterocycles. The van der Waals surface area contributed by atoms with Gasteiger partial charge in [-0.25, -0.2) is 0 Å². The lowest BCUT2D eigenvalue weighted by molar-refractivity contribution is -0.138. The standard InChI is InChI=1S/C19H24N2O5/c1-3-19(4-2,11-16(23)24)21-18(26)13-7-5-12(6-8-13)9-14-10-15(22)20-17(14)25/h5-8,14H,3-4,9-11H2,1-2H3,(H,21,26)(H,23,24)(H,20,22,25). The van der Waals surface area contributed by atoms with Crippen LogP contribution in [-0.4, -0.2) is 34.3 Å². The fourth-order valence-electron chi connectivity index (χ4n) is 3.17. The molecule has 3 N–H and O–H groups in total. The molecule has 1 aliphatic rings. The molecule has 26 heavy (non-hydrogen) atoms. The minimum absolute atomic E-state index is 0.130. The van der Waals surface area contributed by atoms with Crippen LogP contribution in [-0.2, 0) is 20.8 Å². The third-order valence-electron chi connectivity index (χ3n) is 4.99. The lowest BCUT2D eigenvalue weighted by Gasteiger charge is -2.31. The van der Waals surface area contributed by atoms with Gasteiger partial charge in [-0.1, -0.05) is 26.0 Å². The Labute approximate surface area is 152 Å². The molecule has 0 saturated carbocycles. The van der Waals surface area contributed by atoms with Crippen LogP contribution in [0.25, 0.3) is 0 Å². The molecular formula is C19H24N2O5. The number of benzene rings is 1. The number of hydrogen-bond donors (Lipinski definition) is 3. The molecule has 7 heteroatoms. The van der Waals surface area contributed by atoms with Crippen LogP contribution in [0.2, 0.25) is 0 Å². The molecule has 1 aromatic carbocycles. The van der Waals surface area contributed by atoms with Crippen LogP contribution < -0.4 is 10.6 Å². The van der Waals surface area contributed by atoms with E-state index in [1.165, 1.54) is 0 Å². The monoisotopic (exact) mass is 360 g/mol. The van der Waals surface area contributed by atoms with Crippen LogP contribution in [0.15, 0.2) is 24.3 Å². The van der Waals surface area contributed by atoms with Gasteiger partial charge in [0.25, 0.3) is 5.91 Å². The quantitative estimate of drug-likeness (QED) is 0.610. The number of carbonyl (C=O) groups excluding carboxylic acids is 3. The summed E-state index contributed by atoms with van der Waals surface area (Å²) in [5.74, 6) is -2.17. The second kappa shape index (κ2) is 8.12. The van der Waals surface area contributed by atoms with Crippen molar-refractivity contribution in [1.29, 1.82) is 0 Å². The minimum atomic E-state index is -0.950. The van der Waals surface area contributed by atoms with E-state index in [4.69, 9.17) is 5.11 Å². The average Bonchev–Trinajstić information content (AvgIpc) is 2.91. The number of aliphatic carboxylic acids is 1. The van der Waals surface area contributed by atoms with E-state index in [9.17, 15) is 19.2 Å². The van der Waals surface area contributed by atoms with Gasteiger partial charge in [-0.2, -0.15) is 0 Å². The Balaban J connectivity index is 2.04. The molecule has 1 fully saturated rings. The van der Waals surface area contributed by atoms with E-state index in [0.717, 1.165) is 5.56 Å². The largest absolute Gasteiger partial charge is 0.481 e. The molecule has 3 amide bonds. The molecule has 0 bridgehead atoms. The van der Waals surface area contributed by atoms with Gasteiger partial charge in [-0.15, -0.1) is 0 Å². The lowest BCUT2D eigenvalue weighted by Crippen LogP contribution is -2.49. The summed E-state index contributed by atoms with van der Waals surface area (Å²) in [7, 11) is 0. The van der Waals surface area contributed by atoms with E-state index >= 15 is 0 Å². The highest BCUT2D eigenvalue weighted by Crippen LogP contribution is 2.21. The summed E-state index contributed by atoms with van der Waals surface area (Å²) in [4.78, 5) is 46.5. The van der Waals surface area contributed by atoms with Crippen molar-refractivity contribution in [3.63, 3.8) is 0 Å². The Bertz CT molecular complexity index is 707. The molecule has 140 valence electrons. The van der Waals surface area contributed by atoms with Crippen LogP contribution in [0.4, 0.5) is 0 Å². The Morgan fingerprint density at radius 2 is 1.81 bits per heavy atom. The van der Waals surface area contributed by atoms with Crippen LogP contribution in [0.5, 0.6) is 0 Å². The predicted molar refractivity (Wildman–Crippen MR) is 94.4 cm³/mol. The van der Waals surface area contributed by atoms with E-state index in [1.54, 1.807) is 24.3 Å². The Morgan fingerprint density at radius 1 is 1.19 bits per heavy atom. The third-order valence-corrected chi connectivity index (χ3v) is 4.99. The molecule has 7 nitrogen and oxygen atoms in total. The minimum Gasteiger partial charge on any atom is -0.481 e. The topological polar surface area (TPSA) is 113 Å². The van der Waals surface area contributed by atoms with E-state index in [0.29, 0.717) is 24.8 Å². The zero-order chi connectivity index (χ0) is 19.3. The number of nitrogens with one attached hydrogen (secondary N) is 2. The third kappa shape index (κ3) is 4.68. The predicted octanol–water partition coefficient (Wildman–Crippen LogP) is 1.66. The number of carbonyl (C=O) groups is 4. The number of amides is 3. The van der Waals surface area contributed by atoms with Gasteiger partial charge < -0.3 is 10.4 Å². The van der Waals surface area contributed by atoms with Crippen LogP contribution in [0, 0.1) is 5.92 Å². The van der Waals surface area contributed by atoms with Gasteiger partial charge >= 0.3 is 5.97 Å². The lowest BCUT2D eigenvalue weighted by atomic mass is 9.88. The van der Waals surface area contributed by atoms with Crippen LogP contribution >= 0.6 is 0 Å². The number of hydrogen-bond acceptors (Lipinski definition) is 4. The summed E-state index contributed by atoms with van der Waals surface area (Å²) in [6.07, 6.45) is 1.53. The highest BCUT2D eigenvalue weighted by Gasteiger charge is 2.32. The second-order valence-corrected chi connectivity index (χ2v) is 6.73. The molecular weight excluding hydrogens is 336 g/mol. The van der Waals surface area contributed by atoms with Gasteiger partial charge in [0.05, 0.1) is 17.9 Å². The Kier molecular flexibility index (Phi) is 6.13. The van der Waals surface area contributed by atoms with Gasteiger partial charge in [0.15, 0.2) is 0 Å². The first-order valence-corrected chi connectivity index (χ1v) is 8.75. The molecule has 1 aliphatic heterocycles. The molecule has 0 radical (unpaired) electrons. The molecule has 2 rings (SSSR count). The fourth-order valence-corrected chi connectivity index (χ4v) is 3.17.